The molecule has 35 heavy (non-hydrogen) atoms. The van der Waals surface area contributed by atoms with Gasteiger partial charge in [-0.05, 0) is 55.3 Å². The molecule has 0 N–H and O–H groups in total. The molecule has 6 nitrogen and oxygen atoms in total. The first-order valence-corrected chi connectivity index (χ1v) is 17.2. The average Bonchev–Trinajstić information content (AvgIpc) is 3.42. The Labute approximate surface area is 204 Å². The van der Waals surface area contributed by atoms with Crippen LogP contribution in [0, 0.1) is 11.6 Å². The first kappa shape index (κ1) is 24.1. The zero-order valence-electron chi connectivity index (χ0n) is 20.1. The predicted molar refractivity (Wildman–Crippen MR) is 137 cm³/mol. The van der Waals surface area contributed by atoms with Crippen molar-refractivity contribution in [2.45, 2.75) is 44.4 Å². The van der Waals surface area contributed by atoms with E-state index in [0.717, 1.165) is 28.3 Å². The van der Waals surface area contributed by atoms with Crippen molar-refractivity contribution in [2.75, 3.05) is 19.0 Å². The number of hydrogen-bond acceptors (Lipinski definition) is 4. The van der Waals surface area contributed by atoms with E-state index >= 15 is 4.39 Å². The minimum Gasteiger partial charge on any atom is -0.381 e. The highest BCUT2D eigenvalue weighted by molar-refractivity contribution is 7.90. The summed E-state index contributed by atoms with van der Waals surface area (Å²) in [6.07, 6.45) is 2.98. The molecule has 186 valence electrons. The van der Waals surface area contributed by atoms with Crippen LogP contribution in [-0.4, -0.2) is 49.2 Å². The lowest BCUT2D eigenvalue weighted by Crippen LogP contribution is -2.27. The molecule has 5 rings (SSSR count). The zero-order chi connectivity index (χ0) is 25.0. The standard InChI is InChI=1S/C25H29F2N3O3SSi/c1-35(2,3)13-12-34(31,32)30-25-18(16-28-30)14-23-21(24(25)27)15-22(17-8-10-33-11-9-17)29(23)20-6-4-19(26)5-7-20/h4-7,14-17H,8-13H2,1-3H3. The van der Waals surface area contributed by atoms with Gasteiger partial charge in [-0.2, -0.15) is 9.19 Å². The second kappa shape index (κ2) is 8.83. The van der Waals surface area contributed by atoms with Gasteiger partial charge in [0.15, 0.2) is 5.82 Å². The van der Waals surface area contributed by atoms with E-state index in [4.69, 9.17) is 4.74 Å². The van der Waals surface area contributed by atoms with Crippen molar-refractivity contribution in [1.82, 2.24) is 13.8 Å². The number of benzene rings is 2. The Morgan fingerprint density at radius 3 is 2.43 bits per heavy atom. The van der Waals surface area contributed by atoms with Crippen LogP contribution in [0.25, 0.3) is 27.5 Å². The number of nitrogens with zero attached hydrogens (tertiary/aromatic N) is 3. The molecule has 0 unspecified atom stereocenters. The van der Waals surface area contributed by atoms with Gasteiger partial charge in [0.25, 0.3) is 10.0 Å². The van der Waals surface area contributed by atoms with Crippen molar-refractivity contribution in [3.8, 4) is 5.69 Å². The summed E-state index contributed by atoms with van der Waals surface area (Å²) in [4.78, 5) is 0. The van der Waals surface area contributed by atoms with Crippen LogP contribution in [0.5, 0.6) is 0 Å². The highest BCUT2D eigenvalue weighted by Gasteiger charge is 2.28. The average molecular weight is 518 g/mol. The summed E-state index contributed by atoms with van der Waals surface area (Å²) >= 11 is 0. The van der Waals surface area contributed by atoms with E-state index in [1.165, 1.54) is 18.3 Å². The fourth-order valence-corrected chi connectivity index (χ4v) is 9.01. The van der Waals surface area contributed by atoms with Crippen molar-refractivity contribution in [3.05, 3.63) is 59.9 Å². The smallest absolute Gasteiger partial charge is 0.254 e. The van der Waals surface area contributed by atoms with Crippen molar-refractivity contribution < 1.29 is 21.9 Å². The summed E-state index contributed by atoms with van der Waals surface area (Å²) in [6.45, 7) is 7.53. The van der Waals surface area contributed by atoms with Gasteiger partial charge in [-0.3, -0.25) is 0 Å². The summed E-state index contributed by atoms with van der Waals surface area (Å²) in [5.74, 6) is -0.890. The van der Waals surface area contributed by atoms with Gasteiger partial charge in [0.05, 0.1) is 17.5 Å². The Bertz CT molecular complexity index is 1500. The van der Waals surface area contributed by atoms with Gasteiger partial charge >= 0.3 is 0 Å². The first-order chi connectivity index (χ1) is 16.5. The molecule has 0 spiro atoms. The van der Waals surface area contributed by atoms with E-state index in [9.17, 15) is 12.8 Å². The molecule has 0 radical (unpaired) electrons. The summed E-state index contributed by atoms with van der Waals surface area (Å²) in [5, 5.41) is 4.82. The topological polar surface area (TPSA) is 66.1 Å². The molecule has 1 aliphatic heterocycles. The summed E-state index contributed by atoms with van der Waals surface area (Å²) in [5.41, 5.74) is 2.20. The molecule has 2 aromatic heterocycles. The van der Waals surface area contributed by atoms with Crippen molar-refractivity contribution in [1.29, 1.82) is 0 Å². The Balaban J connectivity index is 1.72. The van der Waals surface area contributed by atoms with Crippen molar-refractivity contribution in [3.63, 3.8) is 0 Å². The van der Waals surface area contributed by atoms with Gasteiger partial charge in [-0.25, -0.2) is 17.2 Å². The summed E-state index contributed by atoms with van der Waals surface area (Å²) in [7, 11) is -5.44. The molecule has 0 amide bonds. The molecule has 0 atom stereocenters. The molecule has 0 saturated carbocycles. The van der Waals surface area contributed by atoms with Crippen LogP contribution in [-0.2, 0) is 14.8 Å². The van der Waals surface area contributed by atoms with Gasteiger partial charge < -0.3 is 9.30 Å². The van der Waals surface area contributed by atoms with Gasteiger partial charge in [-0.15, -0.1) is 0 Å². The lowest BCUT2D eigenvalue weighted by atomic mass is 9.96. The molecule has 3 heterocycles. The van der Waals surface area contributed by atoms with E-state index in [1.807, 2.05) is 4.57 Å². The molecule has 2 aromatic carbocycles. The van der Waals surface area contributed by atoms with Gasteiger partial charge in [0.2, 0.25) is 0 Å². The molecule has 4 aromatic rings. The van der Waals surface area contributed by atoms with Crippen LogP contribution in [0.2, 0.25) is 25.7 Å². The lowest BCUT2D eigenvalue weighted by molar-refractivity contribution is 0.0842. The molecule has 0 aliphatic carbocycles. The number of aromatic nitrogens is 3. The highest BCUT2D eigenvalue weighted by Crippen LogP contribution is 2.38. The molecule has 1 aliphatic rings. The number of hydrogen-bond donors (Lipinski definition) is 0. The molecular formula is C25H29F2N3O3SSi. The fraction of sp³-hybridized carbons (Fsp3) is 0.400. The predicted octanol–water partition coefficient (Wildman–Crippen LogP) is 5.67. The number of rotatable bonds is 6. The van der Waals surface area contributed by atoms with Crippen LogP contribution in [0.4, 0.5) is 8.78 Å². The van der Waals surface area contributed by atoms with E-state index < -0.39 is 23.9 Å². The van der Waals surface area contributed by atoms with E-state index in [1.54, 1.807) is 24.3 Å². The van der Waals surface area contributed by atoms with Crippen LogP contribution >= 0.6 is 0 Å². The third-order valence-electron chi connectivity index (χ3n) is 6.67. The summed E-state index contributed by atoms with van der Waals surface area (Å²) in [6, 6.07) is 10.2. The van der Waals surface area contributed by atoms with E-state index in [0.29, 0.717) is 35.5 Å². The fourth-order valence-electron chi connectivity index (χ4n) is 4.70. The molecule has 10 heteroatoms. The normalized spacial score (nSPS) is 15.9. The van der Waals surface area contributed by atoms with Crippen LogP contribution in [0.15, 0.2) is 42.6 Å². The molecule has 1 fully saturated rings. The monoisotopic (exact) mass is 517 g/mol. The maximum Gasteiger partial charge on any atom is 0.254 e. The van der Waals surface area contributed by atoms with E-state index in [2.05, 4.69) is 24.7 Å². The number of fused-ring (bicyclic) bond motifs is 2. The molecule has 0 bridgehead atoms. The van der Waals surface area contributed by atoms with Crippen LogP contribution in [0.3, 0.4) is 0 Å². The third kappa shape index (κ3) is 4.54. The Morgan fingerprint density at radius 2 is 1.77 bits per heavy atom. The minimum absolute atomic E-state index is 0.0251. The van der Waals surface area contributed by atoms with E-state index in [-0.39, 0.29) is 23.0 Å². The maximum absolute atomic E-state index is 16.1. The molecule has 1 saturated heterocycles. The quantitative estimate of drug-likeness (QED) is 0.309. The minimum atomic E-state index is -3.81. The second-order valence-electron chi connectivity index (χ2n) is 10.4. The van der Waals surface area contributed by atoms with Gasteiger partial charge in [-0.1, -0.05) is 19.6 Å². The SMILES string of the molecule is C[Si](C)(C)CCS(=O)(=O)n1ncc2cc3c(cc(C4CCOCC4)n3-c3ccc(F)cc3)c(F)c21. The zero-order valence-corrected chi connectivity index (χ0v) is 21.9. The molecular weight excluding hydrogens is 488 g/mol. The third-order valence-corrected chi connectivity index (χ3v) is 10.3. The van der Waals surface area contributed by atoms with Gasteiger partial charge in [0, 0.05) is 49.4 Å². The van der Waals surface area contributed by atoms with Crippen molar-refractivity contribution >= 4 is 39.9 Å². The largest absolute Gasteiger partial charge is 0.381 e. The van der Waals surface area contributed by atoms with Gasteiger partial charge in [0.1, 0.15) is 11.3 Å². The maximum atomic E-state index is 16.1. The van der Waals surface area contributed by atoms with Crippen LogP contribution < -0.4 is 0 Å². The second-order valence-corrected chi connectivity index (χ2v) is 18.0. The lowest BCUT2D eigenvalue weighted by Gasteiger charge is -2.24. The van der Waals surface area contributed by atoms with Crippen LogP contribution in [0.1, 0.15) is 24.5 Å². The Hall–Kier alpha value is -2.56. The Morgan fingerprint density at radius 1 is 1.09 bits per heavy atom. The van der Waals surface area contributed by atoms with Crippen molar-refractivity contribution in [2.24, 2.45) is 0 Å². The summed E-state index contributed by atoms with van der Waals surface area (Å²) < 4.78 is 64.3. The number of ether oxygens (including phenoxy) is 1. The Kier molecular flexibility index (Phi) is 6.09. The first-order valence-electron chi connectivity index (χ1n) is 11.8. The highest BCUT2D eigenvalue weighted by atomic mass is 32.2. The number of halogens is 2.